The second kappa shape index (κ2) is 7.50. The van der Waals surface area contributed by atoms with E-state index in [2.05, 4.69) is 15.3 Å². The van der Waals surface area contributed by atoms with Gasteiger partial charge in [0.25, 0.3) is 5.91 Å². The number of amides is 4. The van der Waals surface area contributed by atoms with Crippen LogP contribution in [-0.4, -0.2) is 88.3 Å². The Balaban J connectivity index is 1.85. The van der Waals surface area contributed by atoms with Crippen LogP contribution in [0.15, 0.2) is 18.6 Å². The number of urea groups is 1. The second-order valence-corrected chi connectivity index (χ2v) is 7.77. The number of hydrogen-bond acceptors (Lipinski definition) is 5. The number of nitrogens with one attached hydrogen (secondary N) is 1. The standard InChI is InChI=1S/C18H26N6O3/c1-13(2)21-17(27)24-7-6-23(16(26)14-9-19-4-5-20-14)11-18(12-24)8-15(25)22(3)10-18/h4-5,9,13H,6-8,10-12H2,1-3H3,(H,21,27)/t18-/m0/s1. The van der Waals surface area contributed by atoms with Crippen molar-refractivity contribution in [2.45, 2.75) is 26.3 Å². The molecule has 3 rings (SSSR count). The molecule has 2 fully saturated rings. The van der Waals surface area contributed by atoms with Crippen LogP contribution in [0, 0.1) is 5.41 Å². The highest BCUT2D eigenvalue weighted by molar-refractivity contribution is 5.92. The van der Waals surface area contributed by atoms with E-state index in [1.165, 1.54) is 18.6 Å². The van der Waals surface area contributed by atoms with Crippen molar-refractivity contribution < 1.29 is 14.4 Å². The summed E-state index contributed by atoms with van der Waals surface area (Å²) in [4.78, 5) is 50.9. The molecule has 0 radical (unpaired) electrons. The van der Waals surface area contributed by atoms with Crippen LogP contribution < -0.4 is 5.32 Å². The van der Waals surface area contributed by atoms with Crippen molar-refractivity contribution in [2.75, 3.05) is 39.8 Å². The van der Waals surface area contributed by atoms with E-state index in [0.717, 1.165) is 0 Å². The Morgan fingerprint density at radius 3 is 2.44 bits per heavy atom. The van der Waals surface area contributed by atoms with Gasteiger partial charge in [-0.1, -0.05) is 0 Å². The van der Waals surface area contributed by atoms with Crippen molar-refractivity contribution in [3.05, 3.63) is 24.3 Å². The Morgan fingerprint density at radius 2 is 1.85 bits per heavy atom. The molecule has 9 heteroatoms. The zero-order valence-corrected chi connectivity index (χ0v) is 16.0. The van der Waals surface area contributed by atoms with Crippen molar-refractivity contribution in [1.82, 2.24) is 30.0 Å². The van der Waals surface area contributed by atoms with Gasteiger partial charge in [0.2, 0.25) is 5.91 Å². The summed E-state index contributed by atoms with van der Waals surface area (Å²) in [6.07, 6.45) is 4.76. The third kappa shape index (κ3) is 4.17. The summed E-state index contributed by atoms with van der Waals surface area (Å²) in [5.41, 5.74) is -0.209. The maximum atomic E-state index is 12.9. The van der Waals surface area contributed by atoms with Gasteiger partial charge in [-0.2, -0.15) is 0 Å². The lowest BCUT2D eigenvalue weighted by Gasteiger charge is -2.33. The van der Waals surface area contributed by atoms with Crippen molar-refractivity contribution in [2.24, 2.45) is 5.41 Å². The highest BCUT2D eigenvalue weighted by Gasteiger charge is 2.47. The normalized spacial score (nSPS) is 23.1. The van der Waals surface area contributed by atoms with Crippen LogP contribution >= 0.6 is 0 Å². The zero-order chi connectivity index (χ0) is 19.6. The van der Waals surface area contributed by atoms with Gasteiger partial charge < -0.3 is 20.0 Å². The van der Waals surface area contributed by atoms with Crippen molar-refractivity contribution in [3.8, 4) is 0 Å². The van der Waals surface area contributed by atoms with E-state index in [0.29, 0.717) is 39.1 Å². The largest absolute Gasteiger partial charge is 0.345 e. The number of nitrogens with zero attached hydrogens (tertiary/aromatic N) is 5. The Morgan fingerprint density at radius 1 is 1.15 bits per heavy atom. The first-order valence-corrected chi connectivity index (χ1v) is 9.14. The van der Waals surface area contributed by atoms with Crippen molar-refractivity contribution >= 4 is 17.8 Å². The first kappa shape index (κ1) is 19.1. The minimum Gasteiger partial charge on any atom is -0.345 e. The van der Waals surface area contributed by atoms with Crippen LogP contribution in [0.25, 0.3) is 0 Å². The van der Waals surface area contributed by atoms with Crippen molar-refractivity contribution in [3.63, 3.8) is 0 Å². The van der Waals surface area contributed by atoms with Crippen LogP contribution in [0.1, 0.15) is 30.8 Å². The summed E-state index contributed by atoms with van der Waals surface area (Å²) < 4.78 is 0. The number of aromatic nitrogens is 2. The SMILES string of the molecule is CC(C)NC(=O)N1CCN(C(=O)c2cnccn2)C[C@@]2(CC(=O)N(C)C2)C1. The van der Waals surface area contributed by atoms with Gasteiger partial charge in [-0.25, -0.2) is 9.78 Å². The van der Waals surface area contributed by atoms with Gasteiger partial charge in [-0.3, -0.25) is 14.6 Å². The Labute approximate surface area is 158 Å². The lowest BCUT2D eigenvalue weighted by Crippen LogP contribution is -2.49. The Kier molecular flexibility index (Phi) is 5.29. The van der Waals surface area contributed by atoms with Gasteiger partial charge in [0.15, 0.2) is 0 Å². The van der Waals surface area contributed by atoms with Crippen LogP contribution in [0.2, 0.25) is 0 Å². The molecule has 2 saturated heterocycles. The lowest BCUT2D eigenvalue weighted by atomic mass is 9.86. The van der Waals surface area contributed by atoms with Gasteiger partial charge >= 0.3 is 6.03 Å². The Bertz CT molecular complexity index is 725. The predicted octanol–water partition coefficient (Wildman–Crippen LogP) is 0.201. The fourth-order valence-electron chi connectivity index (χ4n) is 3.83. The summed E-state index contributed by atoms with van der Waals surface area (Å²) in [5, 5.41) is 2.91. The average Bonchev–Trinajstić information content (AvgIpc) is 2.79. The van der Waals surface area contributed by atoms with Gasteiger partial charge in [-0.15, -0.1) is 0 Å². The topological polar surface area (TPSA) is 98.7 Å². The fourth-order valence-corrected chi connectivity index (χ4v) is 3.83. The molecule has 0 aromatic carbocycles. The lowest BCUT2D eigenvalue weighted by molar-refractivity contribution is -0.126. The molecular formula is C18H26N6O3. The maximum absolute atomic E-state index is 12.9. The first-order chi connectivity index (χ1) is 12.8. The highest BCUT2D eigenvalue weighted by atomic mass is 16.2. The molecule has 9 nitrogen and oxygen atoms in total. The molecule has 1 N–H and O–H groups in total. The van der Waals surface area contributed by atoms with Crippen LogP contribution in [0.4, 0.5) is 4.79 Å². The molecule has 0 saturated carbocycles. The molecule has 2 aliphatic rings. The monoisotopic (exact) mass is 374 g/mol. The number of carbonyl (C=O) groups excluding carboxylic acids is 3. The van der Waals surface area contributed by atoms with Crippen molar-refractivity contribution in [1.29, 1.82) is 0 Å². The third-order valence-corrected chi connectivity index (χ3v) is 4.99. The van der Waals surface area contributed by atoms with E-state index in [4.69, 9.17) is 0 Å². The fraction of sp³-hybridized carbons (Fsp3) is 0.611. The van der Waals surface area contributed by atoms with Gasteiger partial charge in [0.1, 0.15) is 5.69 Å². The number of hydrogen-bond donors (Lipinski definition) is 1. The molecular weight excluding hydrogens is 348 g/mol. The molecule has 146 valence electrons. The van der Waals surface area contributed by atoms with E-state index in [-0.39, 0.29) is 29.6 Å². The molecule has 2 aliphatic heterocycles. The molecule has 1 atom stereocenters. The summed E-state index contributed by atoms with van der Waals surface area (Å²) in [6.45, 7) is 5.96. The predicted molar refractivity (Wildman–Crippen MR) is 97.9 cm³/mol. The Hall–Kier alpha value is -2.71. The van der Waals surface area contributed by atoms with Crippen LogP contribution in [0.3, 0.4) is 0 Å². The van der Waals surface area contributed by atoms with Crippen LogP contribution in [-0.2, 0) is 4.79 Å². The molecule has 0 bridgehead atoms. The van der Waals surface area contributed by atoms with Crippen LogP contribution in [0.5, 0.6) is 0 Å². The highest BCUT2D eigenvalue weighted by Crippen LogP contribution is 2.34. The van der Waals surface area contributed by atoms with E-state index < -0.39 is 5.41 Å². The summed E-state index contributed by atoms with van der Waals surface area (Å²) >= 11 is 0. The smallest absolute Gasteiger partial charge is 0.317 e. The molecule has 4 amide bonds. The van der Waals surface area contributed by atoms with Gasteiger partial charge in [0.05, 0.1) is 6.20 Å². The van der Waals surface area contributed by atoms with E-state index >= 15 is 0 Å². The zero-order valence-electron chi connectivity index (χ0n) is 16.0. The molecule has 0 unspecified atom stereocenters. The summed E-state index contributed by atoms with van der Waals surface area (Å²) in [7, 11) is 1.76. The third-order valence-electron chi connectivity index (χ3n) is 4.99. The number of carbonyl (C=O) groups is 3. The molecule has 1 spiro atoms. The van der Waals surface area contributed by atoms with E-state index in [9.17, 15) is 14.4 Å². The number of likely N-dealkylation sites (tertiary alicyclic amines) is 1. The minimum absolute atomic E-state index is 0.0157. The summed E-state index contributed by atoms with van der Waals surface area (Å²) in [5.74, 6) is -0.191. The molecule has 27 heavy (non-hydrogen) atoms. The van der Waals surface area contributed by atoms with Gasteiger partial charge in [-0.05, 0) is 13.8 Å². The average molecular weight is 374 g/mol. The molecule has 3 heterocycles. The quantitative estimate of drug-likeness (QED) is 0.797. The maximum Gasteiger partial charge on any atom is 0.317 e. The van der Waals surface area contributed by atoms with E-state index in [1.807, 2.05) is 13.8 Å². The molecule has 1 aromatic heterocycles. The molecule has 1 aromatic rings. The molecule has 0 aliphatic carbocycles. The summed E-state index contributed by atoms with van der Waals surface area (Å²) in [6, 6.07) is -0.151. The minimum atomic E-state index is -0.478. The van der Waals surface area contributed by atoms with Gasteiger partial charge in [0, 0.05) is 70.0 Å². The number of rotatable bonds is 2. The second-order valence-electron chi connectivity index (χ2n) is 7.77. The first-order valence-electron chi connectivity index (χ1n) is 9.14. The van der Waals surface area contributed by atoms with E-state index in [1.54, 1.807) is 21.7 Å².